The predicted octanol–water partition coefficient (Wildman–Crippen LogP) is 3.76. The van der Waals surface area contributed by atoms with Gasteiger partial charge in [-0.25, -0.2) is 4.79 Å². The van der Waals surface area contributed by atoms with E-state index < -0.39 is 17.9 Å². The maximum atomic E-state index is 12.4. The van der Waals surface area contributed by atoms with Gasteiger partial charge in [0.15, 0.2) is 0 Å². The number of nitrogens with zero attached hydrogens (tertiary/aromatic N) is 1. The van der Waals surface area contributed by atoms with Crippen molar-refractivity contribution in [1.82, 2.24) is 5.32 Å². The van der Waals surface area contributed by atoms with E-state index in [4.69, 9.17) is 0 Å². The van der Waals surface area contributed by atoms with E-state index in [1.807, 2.05) is 49.3 Å². The maximum Gasteiger partial charge on any atom is 0.327 e. The highest BCUT2D eigenvalue weighted by Gasteiger charge is 2.23. The molecule has 2 atom stereocenters. The summed E-state index contributed by atoms with van der Waals surface area (Å²) < 4.78 is 0. The van der Waals surface area contributed by atoms with Gasteiger partial charge >= 0.3 is 5.97 Å². The van der Waals surface area contributed by atoms with Crippen LogP contribution in [0.2, 0.25) is 0 Å². The van der Waals surface area contributed by atoms with Crippen LogP contribution in [0.4, 0.5) is 5.69 Å². The molecule has 0 aliphatic carbocycles. The third-order valence-electron chi connectivity index (χ3n) is 4.54. The van der Waals surface area contributed by atoms with Crippen molar-refractivity contribution in [1.29, 1.82) is 0 Å². The highest BCUT2D eigenvalue weighted by Crippen LogP contribution is 2.19. The number of rotatable bonds is 11. The number of aliphatic carboxylic acids is 1. The number of thioether (sulfide) groups is 2. The van der Waals surface area contributed by atoms with Crippen molar-refractivity contribution in [3.8, 4) is 0 Å². The molecule has 6 nitrogen and oxygen atoms in total. The molecule has 0 radical (unpaired) electrons. The van der Waals surface area contributed by atoms with Gasteiger partial charge in [0.1, 0.15) is 6.04 Å². The second-order valence-corrected chi connectivity index (χ2v) is 9.36. The average molecular weight is 461 g/mol. The first-order valence-corrected chi connectivity index (χ1v) is 12.0. The van der Waals surface area contributed by atoms with Crippen LogP contribution in [-0.2, 0) is 15.3 Å². The van der Waals surface area contributed by atoms with Crippen LogP contribution in [-0.4, -0.2) is 53.7 Å². The van der Waals surface area contributed by atoms with Crippen molar-refractivity contribution in [2.75, 3.05) is 30.5 Å². The van der Waals surface area contributed by atoms with E-state index in [0.29, 0.717) is 11.3 Å². The predicted molar refractivity (Wildman–Crippen MR) is 129 cm³/mol. The number of amides is 1. The highest BCUT2D eigenvalue weighted by atomic mass is 32.2. The van der Waals surface area contributed by atoms with Crippen molar-refractivity contribution >= 4 is 46.2 Å². The minimum Gasteiger partial charge on any atom is -0.480 e. The maximum absolute atomic E-state index is 12.4. The molecule has 2 aromatic rings. The van der Waals surface area contributed by atoms with Gasteiger partial charge in [0, 0.05) is 48.5 Å². The summed E-state index contributed by atoms with van der Waals surface area (Å²) in [7, 11) is 3.95. The van der Waals surface area contributed by atoms with Crippen molar-refractivity contribution in [2.24, 2.45) is 5.92 Å². The Morgan fingerprint density at radius 3 is 2.23 bits per heavy atom. The molecule has 2 N–H and O–H groups in total. The molecular formula is C23H28N2O4S2. The summed E-state index contributed by atoms with van der Waals surface area (Å²) in [6.07, 6.45) is 0. The molecule has 1 amide bonds. The molecule has 0 fully saturated rings. The Labute approximate surface area is 191 Å². The number of nitrogens with one attached hydrogen (secondary N) is 1. The van der Waals surface area contributed by atoms with E-state index in [2.05, 4.69) is 5.32 Å². The third kappa shape index (κ3) is 8.30. The molecule has 2 aromatic carbocycles. The first-order chi connectivity index (χ1) is 14.8. The lowest BCUT2D eigenvalue weighted by Gasteiger charge is -2.17. The zero-order chi connectivity index (χ0) is 22.8. The molecule has 166 valence electrons. The SMILES string of the molecule is C[C@H](CSC(=O)c1ccccc1)C(=O)N[C@H](CSCc1ccc(N(C)C)cc1)C(=O)O. The van der Waals surface area contributed by atoms with E-state index in [9.17, 15) is 19.5 Å². The van der Waals surface area contributed by atoms with E-state index in [1.54, 1.807) is 31.2 Å². The Morgan fingerprint density at radius 2 is 1.65 bits per heavy atom. The van der Waals surface area contributed by atoms with E-state index in [0.717, 1.165) is 23.0 Å². The lowest BCUT2D eigenvalue weighted by molar-refractivity contribution is -0.141. The van der Waals surface area contributed by atoms with E-state index in [1.165, 1.54) is 11.8 Å². The number of anilines is 1. The number of carboxylic acid groups (broad SMARTS) is 1. The van der Waals surface area contributed by atoms with Crippen LogP contribution < -0.4 is 10.2 Å². The number of carboxylic acids is 1. The standard InChI is InChI=1S/C23H28N2O4S2/c1-16(13-31-23(29)18-7-5-4-6-8-18)21(26)24-20(22(27)28)15-30-14-17-9-11-19(12-10-17)25(2)3/h4-12,16,20H,13-15H2,1-3H3,(H,24,26)(H,27,28)/t16-,20-/m1/s1. The number of carbonyl (C=O) groups is 3. The van der Waals surface area contributed by atoms with Crippen molar-refractivity contribution in [3.05, 3.63) is 65.7 Å². The second-order valence-electron chi connectivity index (χ2n) is 7.34. The van der Waals surface area contributed by atoms with Gasteiger partial charge in [0.2, 0.25) is 11.0 Å². The lowest BCUT2D eigenvalue weighted by atomic mass is 10.2. The zero-order valence-corrected chi connectivity index (χ0v) is 19.5. The molecule has 0 heterocycles. The van der Waals surface area contributed by atoms with E-state index in [-0.39, 0.29) is 22.5 Å². The molecule has 0 bridgehead atoms. The molecule has 0 spiro atoms. The fourth-order valence-electron chi connectivity index (χ4n) is 2.61. The second kappa shape index (κ2) is 12.4. The summed E-state index contributed by atoms with van der Waals surface area (Å²) >= 11 is 2.52. The average Bonchev–Trinajstić information content (AvgIpc) is 2.77. The lowest BCUT2D eigenvalue weighted by Crippen LogP contribution is -2.45. The number of hydrogen-bond acceptors (Lipinski definition) is 6. The van der Waals surface area contributed by atoms with Crippen LogP contribution in [0.15, 0.2) is 54.6 Å². The summed E-state index contributed by atoms with van der Waals surface area (Å²) in [4.78, 5) is 38.2. The highest BCUT2D eigenvalue weighted by molar-refractivity contribution is 8.14. The van der Waals surface area contributed by atoms with Gasteiger partial charge in [-0.3, -0.25) is 9.59 Å². The van der Waals surface area contributed by atoms with Gasteiger partial charge in [-0.2, -0.15) is 11.8 Å². The molecule has 0 aromatic heterocycles. The Balaban J connectivity index is 1.79. The molecule has 0 aliphatic heterocycles. The van der Waals surface area contributed by atoms with Crippen LogP contribution >= 0.6 is 23.5 Å². The number of carbonyl (C=O) groups excluding carboxylic acids is 2. The van der Waals surface area contributed by atoms with Gasteiger partial charge in [-0.15, -0.1) is 0 Å². The largest absolute Gasteiger partial charge is 0.480 e. The summed E-state index contributed by atoms with van der Waals surface area (Å²) in [5.74, 6) is -0.704. The quantitative estimate of drug-likeness (QED) is 0.528. The van der Waals surface area contributed by atoms with Crippen LogP contribution in [0.1, 0.15) is 22.8 Å². The Kier molecular flexibility index (Phi) is 9.94. The topological polar surface area (TPSA) is 86.7 Å². The molecule has 8 heteroatoms. The van der Waals surface area contributed by atoms with E-state index >= 15 is 0 Å². The van der Waals surface area contributed by atoms with Gasteiger partial charge < -0.3 is 15.3 Å². The molecule has 0 saturated carbocycles. The van der Waals surface area contributed by atoms with Gasteiger partial charge in [-0.05, 0) is 17.7 Å². The smallest absolute Gasteiger partial charge is 0.327 e. The Hall–Kier alpha value is -2.45. The monoisotopic (exact) mass is 460 g/mol. The van der Waals surface area contributed by atoms with Crippen LogP contribution in [0, 0.1) is 5.92 Å². The summed E-state index contributed by atoms with van der Waals surface area (Å²) in [5.41, 5.74) is 2.77. The van der Waals surface area contributed by atoms with Crippen molar-refractivity contribution in [3.63, 3.8) is 0 Å². The fourth-order valence-corrected chi connectivity index (χ4v) is 4.47. The zero-order valence-electron chi connectivity index (χ0n) is 17.9. The Morgan fingerprint density at radius 1 is 1.00 bits per heavy atom. The first-order valence-electron chi connectivity index (χ1n) is 9.87. The Bertz CT molecular complexity index is 873. The fraction of sp³-hybridized carbons (Fsp3) is 0.348. The molecule has 2 rings (SSSR count). The van der Waals surface area contributed by atoms with Gasteiger partial charge in [0.25, 0.3) is 0 Å². The van der Waals surface area contributed by atoms with Crippen LogP contribution in [0.5, 0.6) is 0 Å². The van der Waals surface area contributed by atoms with Crippen LogP contribution in [0.3, 0.4) is 0 Å². The van der Waals surface area contributed by atoms with Gasteiger partial charge in [0.05, 0.1) is 0 Å². The molecule has 0 aliphatic rings. The van der Waals surface area contributed by atoms with Gasteiger partial charge in [-0.1, -0.05) is 61.2 Å². The summed E-state index contributed by atoms with van der Waals surface area (Å²) in [5, 5.41) is 12.0. The summed E-state index contributed by atoms with van der Waals surface area (Å²) in [6, 6.07) is 15.9. The molecule has 31 heavy (non-hydrogen) atoms. The van der Waals surface area contributed by atoms with Crippen LogP contribution in [0.25, 0.3) is 0 Å². The number of benzene rings is 2. The summed E-state index contributed by atoms with van der Waals surface area (Å²) in [6.45, 7) is 1.69. The van der Waals surface area contributed by atoms with Crippen molar-refractivity contribution < 1.29 is 19.5 Å². The van der Waals surface area contributed by atoms with Crippen molar-refractivity contribution in [2.45, 2.75) is 18.7 Å². The minimum atomic E-state index is -1.07. The normalized spacial score (nSPS) is 12.6. The minimum absolute atomic E-state index is 0.106. The molecule has 0 saturated heterocycles. The first kappa shape index (κ1) is 24.8. The molecule has 0 unspecified atom stereocenters. The molecular weight excluding hydrogens is 432 g/mol. The number of hydrogen-bond donors (Lipinski definition) is 2. The third-order valence-corrected chi connectivity index (χ3v) is 6.81.